The molecule has 0 radical (unpaired) electrons. The van der Waals surface area contributed by atoms with Gasteiger partial charge < -0.3 is 14.2 Å². The Morgan fingerprint density at radius 2 is 1.89 bits per heavy atom. The van der Waals surface area contributed by atoms with Crippen LogP contribution < -0.4 is 4.74 Å². The van der Waals surface area contributed by atoms with Crippen LogP contribution in [0.3, 0.4) is 0 Å². The molecule has 2 aromatic heterocycles. The van der Waals surface area contributed by atoms with E-state index in [1.165, 1.54) is 0 Å². The summed E-state index contributed by atoms with van der Waals surface area (Å²) in [5.74, 6) is 1.20. The maximum Gasteiger partial charge on any atom is 0.276 e. The number of aryl methyl sites for hydroxylation is 5. The summed E-state index contributed by atoms with van der Waals surface area (Å²) in [5, 5.41) is 8.32. The summed E-state index contributed by atoms with van der Waals surface area (Å²) in [6.07, 6.45) is 1.91. The Kier molecular flexibility index (Phi) is 5.53. The van der Waals surface area contributed by atoms with Crippen molar-refractivity contribution in [1.82, 2.24) is 19.8 Å². The van der Waals surface area contributed by atoms with Crippen LogP contribution in [0.5, 0.6) is 5.75 Å². The van der Waals surface area contributed by atoms with E-state index in [0.717, 1.165) is 28.1 Å². The van der Waals surface area contributed by atoms with E-state index in [0.29, 0.717) is 17.9 Å². The lowest BCUT2D eigenvalue weighted by atomic mass is 10.1. The van der Waals surface area contributed by atoms with Gasteiger partial charge in [0.1, 0.15) is 18.1 Å². The van der Waals surface area contributed by atoms with Crippen molar-refractivity contribution in [3.63, 3.8) is 0 Å². The van der Waals surface area contributed by atoms with Gasteiger partial charge in [-0.15, -0.1) is 0 Å². The molecule has 3 rings (SSSR count). The molecule has 0 spiro atoms. The molecule has 0 unspecified atom stereocenters. The van der Waals surface area contributed by atoms with Gasteiger partial charge in [-0.25, -0.2) is 0 Å². The van der Waals surface area contributed by atoms with Crippen molar-refractivity contribution in [3.8, 4) is 5.75 Å². The molecular formula is C21H26N4O3. The standard InChI is InChI=1S/C21H26N4O3/c1-13-8-7-9-14(2)20(13)27-12-18-16(4)28-23-19(18)21(26)24(5)10-17-11-25(6)22-15(17)3/h7-9,11H,10,12H2,1-6H3. The lowest BCUT2D eigenvalue weighted by molar-refractivity contribution is 0.0772. The predicted octanol–water partition coefficient (Wildman–Crippen LogP) is 3.49. The lowest BCUT2D eigenvalue weighted by Gasteiger charge is -2.16. The third kappa shape index (κ3) is 3.93. The maximum absolute atomic E-state index is 13.0. The van der Waals surface area contributed by atoms with Crippen molar-refractivity contribution in [2.75, 3.05) is 7.05 Å². The van der Waals surface area contributed by atoms with Crippen LogP contribution >= 0.6 is 0 Å². The van der Waals surface area contributed by atoms with Crippen molar-refractivity contribution in [1.29, 1.82) is 0 Å². The molecule has 1 aromatic carbocycles. The summed E-state index contributed by atoms with van der Waals surface area (Å²) in [5.41, 5.74) is 4.94. The largest absolute Gasteiger partial charge is 0.488 e. The Morgan fingerprint density at radius 1 is 1.21 bits per heavy atom. The average molecular weight is 382 g/mol. The Bertz CT molecular complexity index is 983. The van der Waals surface area contributed by atoms with Gasteiger partial charge >= 0.3 is 0 Å². The fourth-order valence-corrected chi connectivity index (χ4v) is 3.21. The van der Waals surface area contributed by atoms with E-state index >= 15 is 0 Å². The van der Waals surface area contributed by atoms with Crippen LogP contribution in [-0.2, 0) is 20.2 Å². The topological polar surface area (TPSA) is 73.4 Å². The van der Waals surface area contributed by atoms with Crippen LogP contribution in [0.1, 0.15) is 44.2 Å². The monoisotopic (exact) mass is 382 g/mol. The zero-order chi connectivity index (χ0) is 20.4. The average Bonchev–Trinajstić information content (AvgIpc) is 3.15. The minimum absolute atomic E-state index is 0.208. The van der Waals surface area contributed by atoms with Gasteiger partial charge in [0.05, 0.1) is 11.3 Å². The van der Waals surface area contributed by atoms with Crippen LogP contribution in [0.15, 0.2) is 28.9 Å². The molecule has 2 heterocycles. The highest BCUT2D eigenvalue weighted by atomic mass is 16.5. The molecule has 0 saturated carbocycles. The van der Waals surface area contributed by atoms with Gasteiger partial charge in [-0.3, -0.25) is 9.48 Å². The van der Waals surface area contributed by atoms with Crippen LogP contribution in [-0.4, -0.2) is 32.8 Å². The molecule has 148 valence electrons. The van der Waals surface area contributed by atoms with Crippen LogP contribution in [0, 0.1) is 27.7 Å². The zero-order valence-corrected chi connectivity index (χ0v) is 17.2. The molecule has 0 N–H and O–H groups in total. The highest BCUT2D eigenvalue weighted by molar-refractivity contribution is 5.93. The molecule has 0 aliphatic carbocycles. The number of hydrogen-bond acceptors (Lipinski definition) is 5. The normalized spacial score (nSPS) is 10.9. The third-order valence-corrected chi connectivity index (χ3v) is 4.83. The van der Waals surface area contributed by atoms with Gasteiger partial charge in [-0.2, -0.15) is 5.10 Å². The Balaban J connectivity index is 1.78. The molecule has 0 bridgehead atoms. The number of carbonyl (C=O) groups is 1. The first kappa shape index (κ1) is 19.7. The van der Waals surface area contributed by atoms with Crippen molar-refractivity contribution in [2.24, 2.45) is 7.05 Å². The molecule has 0 aliphatic rings. The minimum Gasteiger partial charge on any atom is -0.488 e. The minimum atomic E-state index is -0.208. The molecule has 0 saturated heterocycles. The van der Waals surface area contributed by atoms with E-state index in [1.54, 1.807) is 23.6 Å². The predicted molar refractivity (Wildman–Crippen MR) is 105 cm³/mol. The van der Waals surface area contributed by atoms with Crippen molar-refractivity contribution < 1.29 is 14.1 Å². The second kappa shape index (κ2) is 7.88. The number of aromatic nitrogens is 3. The fourth-order valence-electron chi connectivity index (χ4n) is 3.21. The summed E-state index contributed by atoms with van der Waals surface area (Å²) >= 11 is 0. The van der Waals surface area contributed by atoms with Crippen LogP contribution in [0.4, 0.5) is 0 Å². The number of carbonyl (C=O) groups excluding carboxylic acids is 1. The second-order valence-corrected chi connectivity index (χ2v) is 7.15. The number of hydrogen-bond donors (Lipinski definition) is 0. The molecule has 0 atom stereocenters. The number of ether oxygens (including phenoxy) is 1. The van der Waals surface area contributed by atoms with E-state index < -0.39 is 0 Å². The summed E-state index contributed by atoms with van der Waals surface area (Å²) in [4.78, 5) is 14.6. The number of amides is 1. The first-order chi connectivity index (χ1) is 13.3. The summed E-state index contributed by atoms with van der Waals surface area (Å²) in [6, 6.07) is 5.99. The van der Waals surface area contributed by atoms with E-state index in [9.17, 15) is 4.79 Å². The van der Waals surface area contributed by atoms with Gasteiger partial charge in [-0.05, 0) is 38.8 Å². The Morgan fingerprint density at radius 3 is 2.50 bits per heavy atom. The summed E-state index contributed by atoms with van der Waals surface area (Å²) in [6.45, 7) is 8.39. The van der Waals surface area contributed by atoms with Crippen LogP contribution in [0.25, 0.3) is 0 Å². The quantitative estimate of drug-likeness (QED) is 0.652. The molecule has 7 heteroatoms. The summed E-state index contributed by atoms with van der Waals surface area (Å²) < 4.78 is 13.1. The molecule has 28 heavy (non-hydrogen) atoms. The molecule has 1 amide bonds. The van der Waals surface area contributed by atoms with Gasteiger partial charge in [0.25, 0.3) is 5.91 Å². The molecule has 0 aliphatic heterocycles. The van der Waals surface area contributed by atoms with Gasteiger partial charge in [0, 0.05) is 32.4 Å². The van der Waals surface area contributed by atoms with Crippen LogP contribution in [0.2, 0.25) is 0 Å². The van der Waals surface area contributed by atoms with Gasteiger partial charge in [0.2, 0.25) is 0 Å². The molecule has 3 aromatic rings. The van der Waals surface area contributed by atoms with E-state index in [1.807, 2.05) is 52.2 Å². The van der Waals surface area contributed by atoms with E-state index in [-0.39, 0.29) is 18.2 Å². The number of nitrogens with zero attached hydrogens (tertiary/aromatic N) is 4. The highest BCUT2D eigenvalue weighted by Crippen LogP contribution is 2.25. The van der Waals surface area contributed by atoms with E-state index in [2.05, 4.69) is 10.3 Å². The first-order valence-electron chi connectivity index (χ1n) is 9.16. The maximum atomic E-state index is 13.0. The number of benzene rings is 1. The fraction of sp³-hybridized carbons (Fsp3) is 0.381. The number of rotatable bonds is 6. The Labute approximate surface area is 164 Å². The first-order valence-corrected chi connectivity index (χ1v) is 9.16. The zero-order valence-electron chi connectivity index (χ0n) is 17.2. The van der Waals surface area contributed by atoms with Crippen molar-refractivity contribution in [3.05, 3.63) is 63.8 Å². The van der Waals surface area contributed by atoms with Crippen molar-refractivity contribution >= 4 is 5.91 Å². The third-order valence-electron chi connectivity index (χ3n) is 4.83. The molecule has 0 fully saturated rings. The highest BCUT2D eigenvalue weighted by Gasteiger charge is 2.24. The summed E-state index contributed by atoms with van der Waals surface area (Å²) in [7, 11) is 3.61. The van der Waals surface area contributed by atoms with Gasteiger partial charge in [0.15, 0.2) is 5.69 Å². The number of para-hydroxylation sites is 1. The molecular weight excluding hydrogens is 356 g/mol. The molecule has 7 nitrogen and oxygen atoms in total. The SMILES string of the molecule is Cc1cccc(C)c1OCc1c(C(=O)N(C)Cc2cn(C)nc2C)noc1C. The van der Waals surface area contributed by atoms with E-state index in [4.69, 9.17) is 9.26 Å². The van der Waals surface area contributed by atoms with Crippen molar-refractivity contribution in [2.45, 2.75) is 40.8 Å². The smallest absolute Gasteiger partial charge is 0.276 e. The lowest BCUT2D eigenvalue weighted by Crippen LogP contribution is -2.27. The van der Waals surface area contributed by atoms with Gasteiger partial charge in [-0.1, -0.05) is 23.4 Å². The Hall–Kier alpha value is -3.09. The second-order valence-electron chi connectivity index (χ2n) is 7.15.